The summed E-state index contributed by atoms with van der Waals surface area (Å²) in [6, 6.07) is -0.832. The van der Waals surface area contributed by atoms with Gasteiger partial charge in [-0.05, 0) is 12.3 Å². The number of rotatable bonds is 6. The smallest absolute Gasteiger partial charge is 0.332 e. The third-order valence-electron chi connectivity index (χ3n) is 2.18. The highest BCUT2D eigenvalue weighted by molar-refractivity contribution is 5.81. The first-order valence-electron chi connectivity index (χ1n) is 5.78. The summed E-state index contributed by atoms with van der Waals surface area (Å²) in [6.07, 6.45) is -3.30. The lowest BCUT2D eigenvalue weighted by Crippen LogP contribution is -2.48. The van der Waals surface area contributed by atoms with E-state index < -0.39 is 24.7 Å². The van der Waals surface area contributed by atoms with Crippen LogP contribution in [-0.4, -0.2) is 36.1 Å². The van der Waals surface area contributed by atoms with E-state index in [0.717, 1.165) is 4.90 Å². The molecule has 17 heavy (non-hydrogen) atoms. The minimum absolute atomic E-state index is 0.0184. The average Bonchev–Trinajstić information content (AvgIpc) is 2.13. The van der Waals surface area contributed by atoms with Gasteiger partial charge in [0.2, 0.25) is 5.91 Å². The Morgan fingerprint density at radius 2 is 1.88 bits per heavy atom. The topological polar surface area (TPSA) is 46.3 Å². The van der Waals surface area contributed by atoms with Gasteiger partial charge in [-0.1, -0.05) is 27.2 Å². The summed E-state index contributed by atoms with van der Waals surface area (Å²) in [6.45, 7) is 4.23. The summed E-state index contributed by atoms with van der Waals surface area (Å²) in [5.41, 5.74) is 5.56. The fourth-order valence-corrected chi connectivity index (χ4v) is 1.56. The number of halogens is 3. The molecule has 0 aromatic heterocycles. The fourth-order valence-electron chi connectivity index (χ4n) is 1.56. The summed E-state index contributed by atoms with van der Waals surface area (Å²) >= 11 is 0. The predicted octanol–water partition coefficient (Wildman–Crippen LogP) is 2.16. The number of alkyl halides is 3. The summed E-state index contributed by atoms with van der Waals surface area (Å²) < 4.78 is 37.0. The molecule has 102 valence electrons. The van der Waals surface area contributed by atoms with Crippen molar-refractivity contribution in [3.05, 3.63) is 0 Å². The first-order valence-corrected chi connectivity index (χ1v) is 5.78. The Labute approximate surface area is 100 Å². The second-order valence-electron chi connectivity index (χ2n) is 4.62. The number of carbonyl (C=O) groups excluding carboxylic acids is 1. The maximum absolute atomic E-state index is 12.3. The van der Waals surface area contributed by atoms with Gasteiger partial charge in [-0.25, -0.2) is 0 Å². The van der Waals surface area contributed by atoms with Crippen molar-refractivity contribution in [1.82, 2.24) is 4.90 Å². The summed E-state index contributed by atoms with van der Waals surface area (Å²) in [4.78, 5) is 12.6. The highest BCUT2D eigenvalue weighted by atomic mass is 19.4. The Hall–Kier alpha value is -0.780. The van der Waals surface area contributed by atoms with E-state index in [9.17, 15) is 18.0 Å². The number of nitrogens with zero attached hydrogens (tertiary/aromatic N) is 1. The van der Waals surface area contributed by atoms with Crippen LogP contribution in [0.25, 0.3) is 0 Å². The molecule has 0 spiro atoms. The minimum Gasteiger partial charge on any atom is -0.332 e. The number of carbonyl (C=O) groups is 1. The molecule has 0 rings (SSSR count). The van der Waals surface area contributed by atoms with Crippen LogP contribution in [0.5, 0.6) is 0 Å². The van der Waals surface area contributed by atoms with E-state index >= 15 is 0 Å². The largest absolute Gasteiger partial charge is 0.406 e. The third kappa shape index (κ3) is 7.20. The molecule has 1 amide bonds. The molecule has 2 N–H and O–H groups in total. The summed E-state index contributed by atoms with van der Waals surface area (Å²) in [7, 11) is 0. The van der Waals surface area contributed by atoms with E-state index in [1.807, 2.05) is 6.92 Å². The van der Waals surface area contributed by atoms with Gasteiger partial charge in [0.05, 0.1) is 6.04 Å². The Morgan fingerprint density at radius 1 is 1.35 bits per heavy atom. The van der Waals surface area contributed by atoms with Crippen molar-refractivity contribution in [2.24, 2.45) is 11.7 Å². The van der Waals surface area contributed by atoms with E-state index in [1.165, 1.54) is 0 Å². The van der Waals surface area contributed by atoms with Crippen molar-refractivity contribution in [2.45, 2.75) is 45.8 Å². The van der Waals surface area contributed by atoms with Crippen molar-refractivity contribution in [1.29, 1.82) is 0 Å². The van der Waals surface area contributed by atoms with E-state index in [1.54, 1.807) is 13.8 Å². The molecular weight excluding hydrogens is 233 g/mol. The van der Waals surface area contributed by atoms with Crippen LogP contribution in [0.4, 0.5) is 13.2 Å². The zero-order chi connectivity index (χ0) is 13.6. The normalized spacial score (nSPS) is 13.9. The molecule has 6 heteroatoms. The van der Waals surface area contributed by atoms with Gasteiger partial charge >= 0.3 is 6.18 Å². The zero-order valence-corrected chi connectivity index (χ0v) is 10.5. The number of amides is 1. The van der Waals surface area contributed by atoms with Gasteiger partial charge in [-0.3, -0.25) is 4.79 Å². The van der Waals surface area contributed by atoms with E-state index in [0.29, 0.717) is 12.8 Å². The summed E-state index contributed by atoms with van der Waals surface area (Å²) in [5.74, 6) is -0.631. The lowest BCUT2D eigenvalue weighted by molar-refractivity contribution is -0.163. The fraction of sp³-hybridized carbons (Fsp3) is 0.909. The quantitative estimate of drug-likeness (QED) is 0.789. The molecule has 0 aromatic rings. The second kappa shape index (κ2) is 6.83. The van der Waals surface area contributed by atoms with Gasteiger partial charge in [-0.15, -0.1) is 0 Å². The van der Waals surface area contributed by atoms with Gasteiger partial charge in [0.1, 0.15) is 6.54 Å². The summed E-state index contributed by atoms with van der Waals surface area (Å²) in [5, 5.41) is 0. The van der Waals surface area contributed by atoms with Crippen LogP contribution in [0.1, 0.15) is 33.6 Å². The van der Waals surface area contributed by atoms with Crippen LogP contribution in [0.3, 0.4) is 0 Å². The molecule has 0 saturated heterocycles. The molecule has 0 fully saturated rings. The van der Waals surface area contributed by atoms with Crippen LogP contribution < -0.4 is 5.73 Å². The van der Waals surface area contributed by atoms with E-state index in [-0.39, 0.29) is 12.5 Å². The molecule has 0 saturated carbocycles. The number of hydrogen-bond acceptors (Lipinski definition) is 2. The average molecular weight is 254 g/mol. The van der Waals surface area contributed by atoms with Crippen LogP contribution in [-0.2, 0) is 4.79 Å². The highest BCUT2D eigenvalue weighted by Gasteiger charge is 2.34. The molecule has 0 aliphatic heterocycles. The Bertz CT molecular complexity index is 241. The molecule has 0 radical (unpaired) electrons. The SMILES string of the molecule is CCC[C@H](N)C(=O)N(CC(C)C)CC(F)(F)F. The Morgan fingerprint density at radius 3 is 2.24 bits per heavy atom. The number of nitrogens with two attached hydrogens (primary N) is 1. The molecule has 0 unspecified atom stereocenters. The van der Waals surface area contributed by atoms with Gasteiger partial charge in [-0.2, -0.15) is 13.2 Å². The van der Waals surface area contributed by atoms with E-state index in [2.05, 4.69) is 0 Å². The van der Waals surface area contributed by atoms with E-state index in [4.69, 9.17) is 5.73 Å². The van der Waals surface area contributed by atoms with Gasteiger partial charge in [0, 0.05) is 6.54 Å². The maximum atomic E-state index is 12.3. The number of hydrogen-bond donors (Lipinski definition) is 1. The maximum Gasteiger partial charge on any atom is 0.406 e. The predicted molar refractivity (Wildman–Crippen MR) is 60.4 cm³/mol. The zero-order valence-electron chi connectivity index (χ0n) is 10.5. The minimum atomic E-state index is -4.38. The van der Waals surface area contributed by atoms with Gasteiger partial charge in [0.25, 0.3) is 0 Å². The van der Waals surface area contributed by atoms with Crippen molar-refractivity contribution in [2.75, 3.05) is 13.1 Å². The lowest BCUT2D eigenvalue weighted by Gasteiger charge is -2.28. The molecule has 0 aromatic carbocycles. The lowest BCUT2D eigenvalue weighted by atomic mass is 10.1. The first kappa shape index (κ1) is 16.2. The van der Waals surface area contributed by atoms with Crippen LogP contribution in [0.2, 0.25) is 0 Å². The molecule has 0 heterocycles. The molecular formula is C11H21F3N2O. The monoisotopic (exact) mass is 254 g/mol. The Kier molecular flexibility index (Phi) is 6.52. The van der Waals surface area contributed by atoms with Crippen molar-refractivity contribution in [3.63, 3.8) is 0 Å². The van der Waals surface area contributed by atoms with Crippen LogP contribution in [0.15, 0.2) is 0 Å². The second-order valence-corrected chi connectivity index (χ2v) is 4.62. The molecule has 1 atom stereocenters. The first-order chi connectivity index (χ1) is 7.67. The molecule has 3 nitrogen and oxygen atoms in total. The standard InChI is InChI=1S/C11H21F3N2O/c1-4-5-9(15)10(17)16(6-8(2)3)7-11(12,13)14/h8-9H,4-7,15H2,1-3H3/t9-/m0/s1. The molecule has 0 aliphatic rings. The van der Waals surface area contributed by atoms with Crippen LogP contribution in [0, 0.1) is 5.92 Å². The highest BCUT2D eigenvalue weighted by Crippen LogP contribution is 2.18. The van der Waals surface area contributed by atoms with Gasteiger partial charge < -0.3 is 10.6 Å². The van der Waals surface area contributed by atoms with Crippen LogP contribution >= 0.6 is 0 Å². The van der Waals surface area contributed by atoms with Crippen molar-refractivity contribution < 1.29 is 18.0 Å². The van der Waals surface area contributed by atoms with Crippen molar-refractivity contribution in [3.8, 4) is 0 Å². The Balaban J connectivity index is 4.61. The van der Waals surface area contributed by atoms with Gasteiger partial charge in [0.15, 0.2) is 0 Å². The molecule has 0 aliphatic carbocycles. The van der Waals surface area contributed by atoms with Crippen molar-refractivity contribution >= 4 is 5.91 Å². The molecule has 0 bridgehead atoms. The third-order valence-corrected chi connectivity index (χ3v) is 2.18.